The average molecular weight is 411 g/mol. The number of rotatable bonds is 9. The van der Waals surface area contributed by atoms with Crippen LogP contribution in [0.5, 0.6) is 0 Å². The van der Waals surface area contributed by atoms with Gasteiger partial charge in [-0.1, -0.05) is 47.7 Å². The fourth-order valence-electron chi connectivity index (χ4n) is 1.63. The summed E-state index contributed by atoms with van der Waals surface area (Å²) in [6, 6.07) is 8.46. The van der Waals surface area contributed by atoms with Gasteiger partial charge in [-0.15, -0.1) is 0 Å². The predicted molar refractivity (Wildman–Crippen MR) is 93.4 cm³/mol. The van der Waals surface area contributed by atoms with E-state index in [2.05, 4.69) is 35.6 Å². The van der Waals surface area contributed by atoms with Gasteiger partial charge in [-0.2, -0.15) is 8.42 Å². The van der Waals surface area contributed by atoms with Crippen molar-refractivity contribution in [3.63, 3.8) is 0 Å². The molecule has 22 heavy (non-hydrogen) atoms. The number of benzene rings is 1. The van der Waals surface area contributed by atoms with Gasteiger partial charge in [0.2, 0.25) is 0 Å². The lowest BCUT2D eigenvalue weighted by atomic mass is 10.2. The maximum Gasteiger partial charge on any atom is 0.267 e. The molecule has 0 radical (unpaired) electrons. The topological polar surface area (TPSA) is 72.8 Å². The van der Waals surface area contributed by atoms with E-state index in [4.69, 9.17) is 14.0 Å². The predicted octanol–water partition coefficient (Wildman–Crippen LogP) is 3.71. The summed E-state index contributed by atoms with van der Waals surface area (Å²) in [5, 5.41) is 0. The first-order valence-corrected chi connectivity index (χ1v) is 13.1. The van der Waals surface area contributed by atoms with Crippen molar-refractivity contribution in [2.45, 2.75) is 32.0 Å². The summed E-state index contributed by atoms with van der Waals surface area (Å²) in [6.45, 7) is 7.19. The van der Waals surface area contributed by atoms with Gasteiger partial charge in [0, 0.05) is 24.7 Å². The second-order valence-corrected chi connectivity index (χ2v) is 14.3. The van der Waals surface area contributed by atoms with Gasteiger partial charge in [-0.3, -0.25) is 4.55 Å². The Morgan fingerprint density at radius 3 is 2.41 bits per heavy atom. The van der Waals surface area contributed by atoms with E-state index in [-0.39, 0.29) is 6.61 Å². The van der Waals surface area contributed by atoms with Gasteiger partial charge in [0.1, 0.15) is 0 Å². The monoisotopic (exact) mass is 410 g/mol. The van der Waals surface area contributed by atoms with Crippen LogP contribution in [0.15, 0.2) is 28.7 Å². The molecule has 0 aliphatic carbocycles. The average Bonchev–Trinajstić information content (AvgIpc) is 2.34. The molecule has 1 aromatic carbocycles. The number of halogens is 1. The second kappa shape index (κ2) is 8.56. The van der Waals surface area contributed by atoms with E-state index in [1.165, 1.54) is 0 Å². The van der Waals surface area contributed by atoms with Gasteiger partial charge in [0.25, 0.3) is 10.1 Å². The molecule has 1 aromatic rings. The highest BCUT2D eigenvalue weighted by Gasteiger charge is 2.18. The minimum absolute atomic E-state index is 0.122. The molecule has 1 N–H and O–H groups in total. The summed E-state index contributed by atoms with van der Waals surface area (Å²) in [6.07, 6.45) is -0.643. The Morgan fingerprint density at radius 2 is 1.86 bits per heavy atom. The third-order valence-electron chi connectivity index (χ3n) is 2.85. The first-order valence-electron chi connectivity index (χ1n) is 7.01. The molecular weight excluding hydrogens is 388 g/mol. The molecule has 1 atom stereocenters. The largest absolute Gasteiger partial charge is 0.349 e. The summed E-state index contributed by atoms with van der Waals surface area (Å²) in [5.74, 6) is -0.450. The summed E-state index contributed by atoms with van der Waals surface area (Å²) >= 11 is 3.39. The van der Waals surface area contributed by atoms with E-state index in [0.29, 0.717) is 6.61 Å². The minimum atomic E-state index is -4.04. The van der Waals surface area contributed by atoms with Gasteiger partial charge in [-0.05, 0) is 18.2 Å². The highest BCUT2D eigenvalue weighted by Crippen LogP contribution is 2.23. The molecule has 5 nitrogen and oxygen atoms in total. The molecule has 0 fully saturated rings. The van der Waals surface area contributed by atoms with Crippen LogP contribution in [0.2, 0.25) is 25.7 Å². The second-order valence-electron chi connectivity index (χ2n) is 6.23. The van der Waals surface area contributed by atoms with Crippen molar-refractivity contribution in [1.82, 2.24) is 0 Å². The molecule has 0 saturated heterocycles. The molecule has 1 rings (SSSR count). The lowest BCUT2D eigenvalue weighted by Crippen LogP contribution is -2.23. The van der Waals surface area contributed by atoms with E-state index in [1.54, 1.807) is 0 Å². The van der Waals surface area contributed by atoms with Gasteiger partial charge in [0.15, 0.2) is 6.29 Å². The normalized spacial score (nSPS) is 14.0. The molecule has 126 valence electrons. The first kappa shape index (κ1) is 19.8. The van der Waals surface area contributed by atoms with Crippen molar-refractivity contribution in [2.24, 2.45) is 0 Å². The Bertz CT molecular complexity index is 571. The quantitative estimate of drug-likeness (QED) is 0.381. The smallest absolute Gasteiger partial charge is 0.267 e. The fourth-order valence-corrected chi connectivity index (χ4v) is 3.08. The highest BCUT2D eigenvalue weighted by atomic mass is 79.9. The Morgan fingerprint density at radius 1 is 1.23 bits per heavy atom. The summed E-state index contributed by atoms with van der Waals surface area (Å²) in [4.78, 5) is 0. The number of ether oxygens (including phenoxy) is 2. The van der Waals surface area contributed by atoms with Crippen LogP contribution >= 0.6 is 15.9 Å². The van der Waals surface area contributed by atoms with Crippen LogP contribution in [-0.4, -0.2) is 40.0 Å². The molecule has 0 aliphatic heterocycles. The SMILES string of the molecule is C[Si](C)(C)CCOC(OCCS(=O)(=O)O)c1cccc(Br)c1. The molecule has 0 spiro atoms. The van der Waals surface area contributed by atoms with Crippen LogP contribution < -0.4 is 0 Å². The standard InChI is InChI=1S/C14H23BrO5SSi/c1-22(2,3)10-8-20-14(19-7-9-21(16,17)18)12-5-4-6-13(15)11-12/h4-6,11,14H,7-10H2,1-3H3,(H,16,17,18). The van der Waals surface area contributed by atoms with Gasteiger partial charge in [0.05, 0.1) is 12.4 Å². The summed E-state index contributed by atoms with van der Waals surface area (Å²) in [5.41, 5.74) is 0.806. The maximum absolute atomic E-state index is 10.8. The van der Waals surface area contributed by atoms with Crippen LogP contribution in [0, 0.1) is 0 Å². The Labute approximate surface area is 141 Å². The van der Waals surface area contributed by atoms with Gasteiger partial charge in [-0.25, -0.2) is 0 Å². The van der Waals surface area contributed by atoms with E-state index in [9.17, 15) is 8.42 Å². The lowest BCUT2D eigenvalue weighted by molar-refractivity contribution is -0.139. The van der Waals surface area contributed by atoms with Crippen LogP contribution in [0.3, 0.4) is 0 Å². The molecule has 0 heterocycles. The zero-order valence-corrected chi connectivity index (χ0v) is 16.5. The Kier molecular flexibility index (Phi) is 7.70. The molecule has 0 saturated carbocycles. The Hall–Kier alpha value is -0.253. The molecule has 0 aromatic heterocycles. The molecule has 0 aliphatic rings. The first-order chi connectivity index (χ1) is 10.1. The van der Waals surface area contributed by atoms with E-state index >= 15 is 0 Å². The summed E-state index contributed by atoms with van der Waals surface area (Å²) in [7, 11) is -5.26. The molecule has 0 bridgehead atoms. The molecular formula is C14H23BrO5SSi. The van der Waals surface area contributed by atoms with Gasteiger partial charge >= 0.3 is 0 Å². The zero-order valence-electron chi connectivity index (χ0n) is 13.1. The van der Waals surface area contributed by atoms with Crippen molar-refractivity contribution < 1.29 is 22.4 Å². The van der Waals surface area contributed by atoms with Crippen molar-refractivity contribution in [3.05, 3.63) is 34.3 Å². The minimum Gasteiger partial charge on any atom is -0.349 e. The maximum atomic E-state index is 10.8. The van der Waals surface area contributed by atoms with E-state index < -0.39 is 30.2 Å². The summed E-state index contributed by atoms with van der Waals surface area (Å²) < 4.78 is 42.5. The number of hydrogen-bond acceptors (Lipinski definition) is 4. The van der Waals surface area contributed by atoms with Crippen molar-refractivity contribution >= 4 is 34.1 Å². The van der Waals surface area contributed by atoms with Crippen molar-refractivity contribution in [2.75, 3.05) is 19.0 Å². The third-order valence-corrected chi connectivity index (χ3v) is 5.73. The molecule has 0 amide bonds. The highest BCUT2D eigenvalue weighted by molar-refractivity contribution is 9.10. The lowest BCUT2D eigenvalue weighted by Gasteiger charge is -2.22. The fraction of sp³-hybridized carbons (Fsp3) is 0.571. The van der Waals surface area contributed by atoms with Crippen molar-refractivity contribution in [1.29, 1.82) is 0 Å². The van der Waals surface area contributed by atoms with E-state index in [1.807, 2.05) is 24.3 Å². The molecule has 8 heteroatoms. The van der Waals surface area contributed by atoms with E-state index in [0.717, 1.165) is 16.1 Å². The third kappa shape index (κ3) is 9.01. The van der Waals surface area contributed by atoms with Crippen LogP contribution in [0.4, 0.5) is 0 Å². The number of hydrogen-bond donors (Lipinski definition) is 1. The molecule has 1 unspecified atom stereocenters. The zero-order chi connectivity index (χ0) is 16.8. The van der Waals surface area contributed by atoms with Crippen molar-refractivity contribution in [3.8, 4) is 0 Å². The van der Waals surface area contributed by atoms with Crippen LogP contribution in [0.25, 0.3) is 0 Å². The van der Waals surface area contributed by atoms with Crippen LogP contribution in [0.1, 0.15) is 11.9 Å². The van der Waals surface area contributed by atoms with Crippen LogP contribution in [-0.2, 0) is 19.6 Å². The van der Waals surface area contributed by atoms with Gasteiger partial charge < -0.3 is 9.47 Å². The Balaban J connectivity index is 2.68.